The normalized spacial score (nSPS) is 20.2. The Morgan fingerprint density at radius 1 is 0.667 bits per heavy atom. The second-order valence-electron chi connectivity index (χ2n) is 6.12. The molecule has 4 nitrogen and oxygen atoms in total. The number of hydrogen-bond donors (Lipinski definition) is 0. The van der Waals surface area contributed by atoms with Crippen LogP contribution in [0.1, 0.15) is 25.7 Å². The number of rotatable bonds is 6. The predicted octanol–water partition coefficient (Wildman–Crippen LogP) is 3.62. The Bertz CT molecular complexity index is 600. The van der Waals surface area contributed by atoms with Crippen LogP contribution in [0.15, 0.2) is 60.7 Å². The molecule has 124 valence electrons. The summed E-state index contributed by atoms with van der Waals surface area (Å²) < 4.78 is 0. The Kier molecular flexibility index (Phi) is 5.26. The van der Waals surface area contributed by atoms with E-state index in [9.17, 15) is 9.59 Å². The van der Waals surface area contributed by atoms with Crippen LogP contribution < -0.4 is 9.80 Å². The van der Waals surface area contributed by atoms with E-state index in [1.807, 2.05) is 60.7 Å². The van der Waals surface area contributed by atoms with Crippen molar-refractivity contribution in [2.45, 2.75) is 37.8 Å². The second kappa shape index (κ2) is 7.77. The number of hydrogen-bond acceptors (Lipinski definition) is 2. The van der Waals surface area contributed by atoms with Crippen molar-refractivity contribution in [2.75, 3.05) is 9.80 Å². The molecule has 0 heterocycles. The molecule has 1 fully saturated rings. The van der Waals surface area contributed by atoms with Crippen molar-refractivity contribution in [1.82, 2.24) is 0 Å². The van der Waals surface area contributed by atoms with Crippen molar-refractivity contribution in [1.29, 1.82) is 0 Å². The number of para-hydroxylation sites is 2. The molecule has 2 aromatic rings. The smallest absolute Gasteiger partial charge is 0.214 e. The van der Waals surface area contributed by atoms with Gasteiger partial charge in [-0.1, -0.05) is 49.2 Å². The lowest BCUT2D eigenvalue weighted by molar-refractivity contribution is -0.110. The molecule has 1 saturated carbocycles. The molecule has 2 aromatic carbocycles. The van der Waals surface area contributed by atoms with E-state index in [2.05, 4.69) is 0 Å². The van der Waals surface area contributed by atoms with Crippen LogP contribution in [-0.2, 0) is 9.59 Å². The molecule has 2 atom stereocenters. The summed E-state index contributed by atoms with van der Waals surface area (Å²) in [5.41, 5.74) is 1.76. The third kappa shape index (κ3) is 3.32. The van der Waals surface area contributed by atoms with Crippen molar-refractivity contribution >= 4 is 24.2 Å². The highest BCUT2D eigenvalue weighted by Crippen LogP contribution is 2.31. The standard InChI is InChI=1S/C20H22N2O2/c23-15-21(17-9-3-1-4-10-17)19-13-7-8-14-20(19)22(16-24)18-11-5-2-6-12-18/h1-6,9-12,15-16,19-20H,7-8,13-14H2/t19-,20-/m1/s1. The maximum atomic E-state index is 11.8. The van der Waals surface area contributed by atoms with Crippen molar-refractivity contribution in [3.8, 4) is 0 Å². The number of carbonyl (C=O) groups is 2. The van der Waals surface area contributed by atoms with Crippen molar-refractivity contribution < 1.29 is 9.59 Å². The molecular formula is C20H22N2O2. The van der Waals surface area contributed by atoms with Gasteiger partial charge in [-0.15, -0.1) is 0 Å². The van der Waals surface area contributed by atoms with Crippen LogP contribution in [0.5, 0.6) is 0 Å². The molecule has 2 amide bonds. The minimum atomic E-state index is -0.0101. The minimum Gasteiger partial charge on any atom is -0.310 e. The third-order valence-corrected chi connectivity index (χ3v) is 4.74. The van der Waals surface area contributed by atoms with Gasteiger partial charge in [-0.25, -0.2) is 0 Å². The first-order chi connectivity index (χ1) is 11.8. The lowest BCUT2D eigenvalue weighted by Crippen LogP contribution is -2.53. The minimum absolute atomic E-state index is 0.0101. The lowest BCUT2D eigenvalue weighted by atomic mass is 9.87. The van der Waals surface area contributed by atoms with Crippen LogP contribution in [0.4, 0.5) is 11.4 Å². The molecule has 1 aliphatic carbocycles. The summed E-state index contributed by atoms with van der Waals surface area (Å²) in [6.07, 6.45) is 5.73. The third-order valence-electron chi connectivity index (χ3n) is 4.74. The molecule has 0 radical (unpaired) electrons. The van der Waals surface area contributed by atoms with E-state index in [4.69, 9.17) is 0 Å². The predicted molar refractivity (Wildman–Crippen MR) is 96.0 cm³/mol. The van der Waals surface area contributed by atoms with E-state index in [0.717, 1.165) is 49.9 Å². The second-order valence-corrected chi connectivity index (χ2v) is 6.12. The molecule has 24 heavy (non-hydrogen) atoms. The van der Waals surface area contributed by atoms with E-state index in [0.29, 0.717) is 0 Å². The molecular weight excluding hydrogens is 300 g/mol. The summed E-state index contributed by atoms with van der Waals surface area (Å²) in [6, 6.07) is 19.3. The fourth-order valence-electron chi connectivity index (χ4n) is 3.60. The monoisotopic (exact) mass is 322 g/mol. The van der Waals surface area contributed by atoms with Crippen LogP contribution in [-0.4, -0.2) is 24.9 Å². The van der Waals surface area contributed by atoms with E-state index in [-0.39, 0.29) is 12.1 Å². The molecule has 1 aliphatic rings. The number of amides is 2. The Morgan fingerprint density at radius 3 is 1.38 bits per heavy atom. The van der Waals surface area contributed by atoms with Crippen molar-refractivity contribution in [2.24, 2.45) is 0 Å². The van der Waals surface area contributed by atoms with Gasteiger partial charge >= 0.3 is 0 Å². The van der Waals surface area contributed by atoms with Crippen LogP contribution in [0.3, 0.4) is 0 Å². The van der Waals surface area contributed by atoms with Gasteiger partial charge in [0.25, 0.3) is 0 Å². The van der Waals surface area contributed by atoms with Crippen LogP contribution in [0, 0.1) is 0 Å². The zero-order valence-corrected chi connectivity index (χ0v) is 13.6. The molecule has 0 aliphatic heterocycles. The number of benzene rings is 2. The topological polar surface area (TPSA) is 40.6 Å². The highest BCUT2D eigenvalue weighted by Gasteiger charge is 2.34. The Hall–Kier alpha value is -2.62. The van der Waals surface area contributed by atoms with E-state index >= 15 is 0 Å². The van der Waals surface area contributed by atoms with Gasteiger partial charge < -0.3 is 9.80 Å². The number of anilines is 2. The molecule has 0 unspecified atom stereocenters. The molecule has 0 saturated heterocycles. The first-order valence-electron chi connectivity index (χ1n) is 8.42. The average Bonchev–Trinajstić information content (AvgIpc) is 2.66. The Labute approximate surface area is 142 Å². The van der Waals surface area contributed by atoms with E-state index in [1.54, 1.807) is 9.80 Å². The fraction of sp³-hybridized carbons (Fsp3) is 0.300. The lowest BCUT2D eigenvalue weighted by Gasteiger charge is -2.42. The number of carbonyl (C=O) groups excluding carboxylic acids is 2. The maximum Gasteiger partial charge on any atom is 0.214 e. The largest absolute Gasteiger partial charge is 0.310 e. The fourth-order valence-corrected chi connectivity index (χ4v) is 3.60. The highest BCUT2D eigenvalue weighted by molar-refractivity contribution is 5.79. The molecule has 0 aromatic heterocycles. The summed E-state index contributed by atoms with van der Waals surface area (Å²) >= 11 is 0. The van der Waals surface area contributed by atoms with Crippen LogP contribution >= 0.6 is 0 Å². The van der Waals surface area contributed by atoms with Gasteiger partial charge in [0.05, 0.1) is 12.1 Å². The summed E-state index contributed by atoms with van der Waals surface area (Å²) in [7, 11) is 0. The molecule has 3 rings (SSSR count). The first-order valence-corrected chi connectivity index (χ1v) is 8.42. The van der Waals surface area contributed by atoms with Gasteiger partial charge in [0.1, 0.15) is 0 Å². The van der Waals surface area contributed by atoms with Gasteiger partial charge in [-0.05, 0) is 37.1 Å². The van der Waals surface area contributed by atoms with Crippen molar-refractivity contribution in [3.05, 3.63) is 60.7 Å². The summed E-state index contributed by atoms with van der Waals surface area (Å²) in [5, 5.41) is 0. The Balaban J connectivity index is 1.92. The summed E-state index contributed by atoms with van der Waals surface area (Å²) in [6.45, 7) is 0. The zero-order chi connectivity index (χ0) is 16.8. The maximum absolute atomic E-state index is 11.8. The van der Waals surface area contributed by atoms with Crippen LogP contribution in [0.2, 0.25) is 0 Å². The Morgan fingerprint density at radius 2 is 1.04 bits per heavy atom. The SMILES string of the molecule is O=CN(c1ccccc1)[C@@H]1CCCC[C@H]1N(C=O)c1ccccc1. The van der Waals surface area contributed by atoms with Crippen molar-refractivity contribution in [3.63, 3.8) is 0 Å². The quantitative estimate of drug-likeness (QED) is 0.762. The van der Waals surface area contributed by atoms with Gasteiger partial charge in [0, 0.05) is 11.4 Å². The summed E-state index contributed by atoms with van der Waals surface area (Å²) in [5.74, 6) is 0. The van der Waals surface area contributed by atoms with Gasteiger partial charge in [-0.2, -0.15) is 0 Å². The van der Waals surface area contributed by atoms with E-state index < -0.39 is 0 Å². The van der Waals surface area contributed by atoms with Gasteiger partial charge in [0.15, 0.2) is 0 Å². The first kappa shape index (κ1) is 16.2. The van der Waals surface area contributed by atoms with Gasteiger partial charge in [-0.3, -0.25) is 9.59 Å². The molecule has 0 N–H and O–H groups in total. The summed E-state index contributed by atoms with van der Waals surface area (Å²) in [4.78, 5) is 27.2. The zero-order valence-electron chi connectivity index (χ0n) is 13.6. The molecule has 4 heteroatoms. The van der Waals surface area contributed by atoms with Crippen LogP contribution in [0.25, 0.3) is 0 Å². The van der Waals surface area contributed by atoms with E-state index in [1.165, 1.54) is 0 Å². The number of nitrogens with zero attached hydrogens (tertiary/aromatic N) is 2. The molecule has 0 spiro atoms. The average molecular weight is 322 g/mol. The van der Waals surface area contributed by atoms with Gasteiger partial charge in [0.2, 0.25) is 12.8 Å². The highest BCUT2D eigenvalue weighted by atomic mass is 16.1. The molecule has 0 bridgehead atoms.